The minimum absolute atomic E-state index is 0. The van der Waals surface area contributed by atoms with E-state index in [2.05, 4.69) is 10.0 Å². The standard InChI is InChI=1S/C15H20N2O4S.ClH/c18-22(19,17-12-7-10-1-2-11(8-12)16-10)13-3-4-14-15(9-13)21-6-5-20-14;/h3-4,9-12,16-17H,1-2,5-8H2;1H. The summed E-state index contributed by atoms with van der Waals surface area (Å²) in [6, 6.07) is 5.70. The molecule has 0 aliphatic carbocycles. The summed E-state index contributed by atoms with van der Waals surface area (Å²) in [6.07, 6.45) is 4.01. The first-order valence-electron chi connectivity index (χ1n) is 7.78. The monoisotopic (exact) mass is 360 g/mol. The van der Waals surface area contributed by atoms with Crippen LogP contribution in [-0.4, -0.2) is 39.8 Å². The fraction of sp³-hybridized carbons (Fsp3) is 0.600. The number of halogens is 1. The Hall–Kier alpha value is -1.02. The molecule has 23 heavy (non-hydrogen) atoms. The molecule has 3 aliphatic rings. The quantitative estimate of drug-likeness (QED) is 0.853. The second-order valence-electron chi connectivity index (χ2n) is 6.23. The molecular formula is C15H21ClN2O4S. The van der Waals surface area contributed by atoms with Gasteiger partial charge in [0.25, 0.3) is 0 Å². The van der Waals surface area contributed by atoms with Crippen molar-refractivity contribution in [3.05, 3.63) is 18.2 Å². The van der Waals surface area contributed by atoms with Crippen molar-refractivity contribution in [2.45, 2.75) is 48.7 Å². The Kier molecular flexibility index (Phi) is 4.73. The number of benzene rings is 1. The number of rotatable bonds is 3. The summed E-state index contributed by atoms with van der Waals surface area (Å²) in [5, 5.41) is 3.52. The van der Waals surface area contributed by atoms with Crippen LogP contribution in [0.2, 0.25) is 0 Å². The molecule has 1 aromatic rings. The summed E-state index contributed by atoms with van der Waals surface area (Å²) >= 11 is 0. The van der Waals surface area contributed by atoms with Gasteiger partial charge >= 0.3 is 0 Å². The lowest BCUT2D eigenvalue weighted by Gasteiger charge is -2.29. The predicted molar refractivity (Wildman–Crippen MR) is 88.0 cm³/mol. The van der Waals surface area contributed by atoms with Crippen molar-refractivity contribution in [2.75, 3.05) is 13.2 Å². The van der Waals surface area contributed by atoms with Gasteiger partial charge in [0, 0.05) is 24.2 Å². The van der Waals surface area contributed by atoms with Crippen LogP contribution in [0.4, 0.5) is 0 Å². The molecule has 0 amide bonds. The number of fused-ring (bicyclic) bond motifs is 3. The minimum atomic E-state index is -3.53. The number of hydrogen-bond acceptors (Lipinski definition) is 5. The second kappa shape index (κ2) is 6.47. The Bertz CT molecular complexity index is 670. The van der Waals surface area contributed by atoms with Crippen molar-refractivity contribution < 1.29 is 17.9 Å². The van der Waals surface area contributed by atoms with Crippen LogP contribution in [0.25, 0.3) is 0 Å². The zero-order valence-electron chi connectivity index (χ0n) is 12.7. The normalized spacial score (nSPS) is 29.0. The third-order valence-electron chi connectivity index (χ3n) is 4.62. The van der Waals surface area contributed by atoms with Crippen LogP contribution < -0.4 is 19.5 Å². The molecule has 0 radical (unpaired) electrons. The molecule has 0 spiro atoms. The van der Waals surface area contributed by atoms with Gasteiger partial charge in [0.2, 0.25) is 10.0 Å². The van der Waals surface area contributed by atoms with Crippen LogP contribution in [0.3, 0.4) is 0 Å². The van der Waals surface area contributed by atoms with E-state index in [1.807, 2.05) is 0 Å². The van der Waals surface area contributed by atoms with Gasteiger partial charge in [-0.1, -0.05) is 0 Å². The Morgan fingerprint density at radius 1 is 1.04 bits per heavy atom. The maximum absolute atomic E-state index is 12.6. The van der Waals surface area contributed by atoms with E-state index in [9.17, 15) is 8.42 Å². The van der Waals surface area contributed by atoms with Crippen molar-refractivity contribution >= 4 is 22.4 Å². The molecule has 3 aliphatic heterocycles. The van der Waals surface area contributed by atoms with Crippen molar-refractivity contribution in [2.24, 2.45) is 0 Å². The van der Waals surface area contributed by atoms with E-state index in [1.54, 1.807) is 18.2 Å². The Morgan fingerprint density at radius 3 is 2.39 bits per heavy atom. The molecule has 2 atom stereocenters. The molecule has 2 unspecified atom stereocenters. The minimum Gasteiger partial charge on any atom is -0.486 e. The number of sulfonamides is 1. The summed E-state index contributed by atoms with van der Waals surface area (Å²) in [5.41, 5.74) is 0. The van der Waals surface area contributed by atoms with Gasteiger partial charge in [0.15, 0.2) is 11.5 Å². The molecule has 3 heterocycles. The number of nitrogens with one attached hydrogen (secondary N) is 2. The van der Waals surface area contributed by atoms with Gasteiger partial charge in [-0.3, -0.25) is 0 Å². The molecule has 6 nitrogen and oxygen atoms in total. The van der Waals surface area contributed by atoms with E-state index in [0.717, 1.165) is 25.7 Å². The molecule has 2 N–H and O–H groups in total. The Morgan fingerprint density at radius 2 is 1.70 bits per heavy atom. The first-order valence-corrected chi connectivity index (χ1v) is 9.26. The highest BCUT2D eigenvalue weighted by Gasteiger charge is 2.35. The molecule has 4 rings (SSSR count). The average molecular weight is 361 g/mol. The van der Waals surface area contributed by atoms with Crippen molar-refractivity contribution in [1.82, 2.24) is 10.0 Å². The topological polar surface area (TPSA) is 76.7 Å². The van der Waals surface area contributed by atoms with E-state index >= 15 is 0 Å². The van der Waals surface area contributed by atoms with Crippen LogP contribution >= 0.6 is 12.4 Å². The van der Waals surface area contributed by atoms with E-state index in [4.69, 9.17) is 9.47 Å². The van der Waals surface area contributed by atoms with Gasteiger partial charge in [-0.2, -0.15) is 0 Å². The first kappa shape index (κ1) is 16.8. The molecule has 128 valence electrons. The van der Waals surface area contributed by atoms with Gasteiger partial charge in [0.05, 0.1) is 4.90 Å². The van der Waals surface area contributed by atoms with Crippen LogP contribution in [0.5, 0.6) is 11.5 Å². The highest BCUT2D eigenvalue weighted by molar-refractivity contribution is 7.89. The van der Waals surface area contributed by atoms with Crippen molar-refractivity contribution in [3.63, 3.8) is 0 Å². The highest BCUT2D eigenvalue weighted by Crippen LogP contribution is 2.33. The fourth-order valence-corrected chi connectivity index (χ4v) is 4.91. The third-order valence-corrected chi connectivity index (χ3v) is 6.14. The van der Waals surface area contributed by atoms with E-state index in [1.165, 1.54) is 0 Å². The van der Waals surface area contributed by atoms with E-state index in [0.29, 0.717) is 36.8 Å². The molecule has 2 saturated heterocycles. The maximum Gasteiger partial charge on any atom is 0.240 e. The zero-order valence-corrected chi connectivity index (χ0v) is 14.3. The third kappa shape index (κ3) is 3.42. The molecule has 1 aromatic carbocycles. The lowest BCUT2D eigenvalue weighted by Crippen LogP contribution is -2.47. The first-order chi connectivity index (χ1) is 10.6. The molecule has 2 bridgehead atoms. The van der Waals surface area contributed by atoms with Gasteiger partial charge in [-0.05, 0) is 37.8 Å². The number of hydrogen-bond donors (Lipinski definition) is 2. The van der Waals surface area contributed by atoms with E-state index in [-0.39, 0.29) is 23.3 Å². The summed E-state index contributed by atoms with van der Waals surface area (Å²) < 4.78 is 38.9. The molecule has 2 fully saturated rings. The second-order valence-corrected chi connectivity index (χ2v) is 7.95. The highest BCUT2D eigenvalue weighted by atomic mass is 35.5. The Labute approximate surface area is 142 Å². The number of piperidine rings is 1. The van der Waals surface area contributed by atoms with E-state index < -0.39 is 10.0 Å². The van der Waals surface area contributed by atoms with Gasteiger partial charge in [0.1, 0.15) is 13.2 Å². The average Bonchev–Trinajstić information content (AvgIpc) is 2.85. The van der Waals surface area contributed by atoms with Gasteiger partial charge in [-0.25, -0.2) is 13.1 Å². The lowest BCUT2D eigenvalue weighted by atomic mass is 10.0. The Balaban J connectivity index is 0.00000156. The van der Waals surface area contributed by atoms with Crippen LogP contribution in [-0.2, 0) is 10.0 Å². The summed E-state index contributed by atoms with van der Waals surface area (Å²) in [5.74, 6) is 1.10. The summed E-state index contributed by atoms with van der Waals surface area (Å²) in [6.45, 7) is 0.941. The summed E-state index contributed by atoms with van der Waals surface area (Å²) in [4.78, 5) is 0.239. The van der Waals surface area contributed by atoms with Crippen LogP contribution in [0.1, 0.15) is 25.7 Å². The molecule has 0 saturated carbocycles. The van der Waals surface area contributed by atoms with Crippen molar-refractivity contribution in [3.8, 4) is 11.5 Å². The zero-order chi connectivity index (χ0) is 15.2. The molecule has 0 aromatic heterocycles. The molecule has 8 heteroatoms. The van der Waals surface area contributed by atoms with Gasteiger partial charge < -0.3 is 14.8 Å². The van der Waals surface area contributed by atoms with Gasteiger partial charge in [-0.15, -0.1) is 12.4 Å². The van der Waals surface area contributed by atoms with Crippen molar-refractivity contribution in [1.29, 1.82) is 0 Å². The molecular weight excluding hydrogens is 340 g/mol. The maximum atomic E-state index is 12.6. The lowest BCUT2D eigenvalue weighted by molar-refractivity contribution is 0.171. The smallest absolute Gasteiger partial charge is 0.240 e. The van der Waals surface area contributed by atoms with Crippen LogP contribution in [0.15, 0.2) is 23.1 Å². The summed E-state index contributed by atoms with van der Waals surface area (Å²) in [7, 11) is -3.53. The van der Waals surface area contributed by atoms with Crippen LogP contribution in [0, 0.1) is 0 Å². The number of ether oxygens (including phenoxy) is 2. The largest absolute Gasteiger partial charge is 0.486 e. The fourth-order valence-electron chi connectivity index (χ4n) is 3.63. The predicted octanol–water partition coefficient (Wildman–Crippen LogP) is 1.44. The SMILES string of the molecule is Cl.O=S(=O)(NC1CC2CCC(C1)N2)c1ccc2c(c1)OCCO2.